The summed E-state index contributed by atoms with van der Waals surface area (Å²) in [4.78, 5) is 13.9. The highest BCUT2D eigenvalue weighted by molar-refractivity contribution is 5.85. The summed E-state index contributed by atoms with van der Waals surface area (Å²) in [5.74, 6) is 0.0758. The van der Waals surface area contributed by atoms with Crippen LogP contribution < -0.4 is 5.73 Å². The van der Waals surface area contributed by atoms with Gasteiger partial charge in [0, 0.05) is 20.1 Å². The van der Waals surface area contributed by atoms with Crippen molar-refractivity contribution in [1.29, 1.82) is 0 Å². The van der Waals surface area contributed by atoms with Crippen LogP contribution in [-0.4, -0.2) is 43.2 Å². The zero-order valence-electron chi connectivity index (χ0n) is 11.8. The Hall–Kier alpha value is -1.10. The van der Waals surface area contributed by atoms with Gasteiger partial charge in [-0.3, -0.25) is 4.79 Å². The van der Waals surface area contributed by atoms with Crippen LogP contribution in [0.15, 0.2) is 30.3 Å². The van der Waals surface area contributed by atoms with Gasteiger partial charge >= 0.3 is 0 Å². The van der Waals surface area contributed by atoms with E-state index < -0.39 is 0 Å². The van der Waals surface area contributed by atoms with E-state index in [4.69, 9.17) is 10.5 Å². The second-order valence-corrected chi connectivity index (χ2v) is 5.06. The van der Waals surface area contributed by atoms with Crippen molar-refractivity contribution in [3.05, 3.63) is 35.9 Å². The Kier molecular flexibility index (Phi) is 6.99. The van der Waals surface area contributed by atoms with Crippen molar-refractivity contribution in [2.75, 3.05) is 20.1 Å². The summed E-state index contributed by atoms with van der Waals surface area (Å²) in [5.41, 5.74) is 6.80. The van der Waals surface area contributed by atoms with E-state index in [1.54, 1.807) is 4.90 Å². The molecule has 0 unspecified atom stereocenters. The summed E-state index contributed by atoms with van der Waals surface area (Å²) in [6.07, 6.45) is 2.30. The van der Waals surface area contributed by atoms with Crippen LogP contribution in [0, 0.1) is 0 Å². The second kappa shape index (κ2) is 8.25. The number of carbonyl (C=O) groups is 1. The maximum absolute atomic E-state index is 12.2. The topological polar surface area (TPSA) is 55.6 Å². The third kappa shape index (κ3) is 4.47. The molecule has 4 nitrogen and oxygen atoms in total. The minimum absolute atomic E-state index is 0. The average Bonchev–Trinajstić information content (AvgIpc) is 2.94. The monoisotopic (exact) mass is 298 g/mol. The van der Waals surface area contributed by atoms with Crippen LogP contribution >= 0.6 is 12.4 Å². The molecule has 1 aliphatic rings. The lowest BCUT2D eigenvalue weighted by molar-refractivity contribution is -0.141. The molecule has 1 aromatic carbocycles. The van der Waals surface area contributed by atoms with Crippen LogP contribution in [0.3, 0.4) is 0 Å². The predicted molar refractivity (Wildman–Crippen MR) is 82.0 cm³/mol. The number of nitrogens with two attached hydrogens (primary N) is 1. The van der Waals surface area contributed by atoms with Gasteiger partial charge in [-0.1, -0.05) is 30.3 Å². The van der Waals surface area contributed by atoms with Gasteiger partial charge in [0.2, 0.25) is 0 Å². The molecular formula is C15H23ClN2O2. The molecule has 5 heteroatoms. The van der Waals surface area contributed by atoms with E-state index in [1.807, 2.05) is 25.2 Å². The van der Waals surface area contributed by atoms with Crippen LogP contribution in [0.1, 0.15) is 18.4 Å². The summed E-state index contributed by atoms with van der Waals surface area (Å²) in [5, 5.41) is 0. The molecule has 2 N–H and O–H groups in total. The molecule has 0 spiro atoms. The van der Waals surface area contributed by atoms with Gasteiger partial charge in [-0.2, -0.15) is 0 Å². The van der Waals surface area contributed by atoms with Crippen LogP contribution in [0.5, 0.6) is 0 Å². The van der Waals surface area contributed by atoms with Crippen molar-refractivity contribution in [1.82, 2.24) is 4.90 Å². The molecule has 2 atom stereocenters. The minimum Gasteiger partial charge on any atom is -0.364 e. The van der Waals surface area contributed by atoms with E-state index in [0.29, 0.717) is 6.54 Å². The number of likely N-dealkylation sites (N-methyl/N-ethyl adjacent to an activating group) is 1. The van der Waals surface area contributed by atoms with Crippen LogP contribution in [0.25, 0.3) is 0 Å². The highest BCUT2D eigenvalue weighted by atomic mass is 35.5. The number of ether oxygens (including phenoxy) is 1. The van der Waals surface area contributed by atoms with E-state index in [1.165, 1.54) is 5.56 Å². The van der Waals surface area contributed by atoms with E-state index in [9.17, 15) is 4.79 Å². The van der Waals surface area contributed by atoms with Crippen molar-refractivity contribution in [3.63, 3.8) is 0 Å². The molecule has 1 fully saturated rings. The van der Waals surface area contributed by atoms with Gasteiger partial charge in [-0.15, -0.1) is 12.4 Å². The maximum atomic E-state index is 12.2. The van der Waals surface area contributed by atoms with Gasteiger partial charge in [0.05, 0.1) is 6.10 Å². The second-order valence-electron chi connectivity index (χ2n) is 5.06. The third-order valence-electron chi connectivity index (χ3n) is 3.60. The van der Waals surface area contributed by atoms with Crippen LogP contribution in [0.2, 0.25) is 0 Å². The molecule has 2 rings (SSSR count). The van der Waals surface area contributed by atoms with Crippen LogP contribution in [0.4, 0.5) is 0 Å². The van der Waals surface area contributed by atoms with Crippen molar-refractivity contribution in [2.24, 2.45) is 5.73 Å². The van der Waals surface area contributed by atoms with Crippen molar-refractivity contribution >= 4 is 18.3 Å². The van der Waals surface area contributed by atoms with Crippen LogP contribution in [-0.2, 0) is 16.0 Å². The Labute approximate surface area is 126 Å². The molecule has 1 amide bonds. The fourth-order valence-electron chi connectivity index (χ4n) is 2.36. The molecule has 0 radical (unpaired) electrons. The summed E-state index contributed by atoms with van der Waals surface area (Å²) in [6.45, 7) is 1.22. The number of rotatable bonds is 5. The number of benzene rings is 1. The van der Waals surface area contributed by atoms with E-state index in [2.05, 4.69) is 12.1 Å². The highest BCUT2D eigenvalue weighted by Crippen LogP contribution is 2.20. The molecule has 0 aliphatic carbocycles. The third-order valence-corrected chi connectivity index (χ3v) is 3.60. The van der Waals surface area contributed by atoms with Crippen molar-refractivity contribution < 1.29 is 9.53 Å². The summed E-state index contributed by atoms with van der Waals surface area (Å²) < 4.78 is 5.63. The van der Waals surface area contributed by atoms with Crippen molar-refractivity contribution in [3.8, 4) is 0 Å². The number of nitrogens with zero attached hydrogens (tertiary/aromatic N) is 1. The molecule has 0 bridgehead atoms. The quantitative estimate of drug-likeness (QED) is 0.898. The first kappa shape index (κ1) is 17.0. The van der Waals surface area contributed by atoms with Gasteiger partial charge < -0.3 is 15.4 Å². The number of carbonyl (C=O) groups excluding carboxylic acids is 1. The standard InChI is InChI=1S/C15H22N2O2.ClH/c1-17(10-9-12-5-3-2-4-6-12)15(18)14-8-7-13(11-16)19-14;/h2-6,13-14H,7-11,16H2,1H3;1H/t13-,14+;/m1./s1. The number of halogens is 1. The summed E-state index contributed by atoms with van der Waals surface area (Å²) in [6, 6.07) is 10.2. The van der Waals surface area contributed by atoms with E-state index in [0.717, 1.165) is 25.8 Å². The zero-order chi connectivity index (χ0) is 13.7. The lowest BCUT2D eigenvalue weighted by Gasteiger charge is -2.21. The normalized spacial score (nSPS) is 21.3. The Morgan fingerprint density at radius 1 is 1.35 bits per heavy atom. The van der Waals surface area contributed by atoms with E-state index in [-0.39, 0.29) is 30.5 Å². The molecule has 0 saturated carbocycles. The fraction of sp³-hybridized carbons (Fsp3) is 0.533. The first-order chi connectivity index (χ1) is 9.20. The van der Waals surface area contributed by atoms with E-state index >= 15 is 0 Å². The molecule has 1 heterocycles. The van der Waals surface area contributed by atoms with Gasteiger partial charge in [0.15, 0.2) is 0 Å². The van der Waals surface area contributed by atoms with Gasteiger partial charge in [0.1, 0.15) is 6.10 Å². The largest absolute Gasteiger partial charge is 0.364 e. The van der Waals surface area contributed by atoms with Gasteiger partial charge in [0.25, 0.3) is 5.91 Å². The first-order valence-corrected chi connectivity index (χ1v) is 6.85. The SMILES string of the molecule is CN(CCc1ccccc1)C(=O)[C@@H]1CC[C@H](CN)O1.Cl. The Morgan fingerprint density at radius 3 is 2.65 bits per heavy atom. The van der Waals surface area contributed by atoms with Gasteiger partial charge in [-0.25, -0.2) is 0 Å². The van der Waals surface area contributed by atoms with Gasteiger partial charge in [-0.05, 0) is 24.8 Å². The number of hydrogen-bond donors (Lipinski definition) is 1. The first-order valence-electron chi connectivity index (χ1n) is 6.85. The molecule has 1 aliphatic heterocycles. The fourth-order valence-corrected chi connectivity index (χ4v) is 2.36. The summed E-state index contributed by atoms with van der Waals surface area (Å²) >= 11 is 0. The molecule has 112 valence electrons. The highest BCUT2D eigenvalue weighted by Gasteiger charge is 2.31. The Balaban J connectivity index is 0.00000200. The molecule has 1 saturated heterocycles. The summed E-state index contributed by atoms with van der Waals surface area (Å²) in [7, 11) is 1.84. The van der Waals surface area contributed by atoms with Crippen molar-refractivity contribution in [2.45, 2.75) is 31.5 Å². The lowest BCUT2D eigenvalue weighted by Crippen LogP contribution is -2.38. The predicted octanol–water partition coefficient (Wildman–Crippen LogP) is 1.62. The Bertz CT molecular complexity index is 414. The minimum atomic E-state index is -0.297. The molecular weight excluding hydrogens is 276 g/mol. The molecule has 20 heavy (non-hydrogen) atoms. The zero-order valence-corrected chi connectivity index (χ0v) is 12.6. The molecule has 0 aromatic heterocycles. The Morgan fingerprint density at radius 2 is 2.05 bits per heavy atom. The number of hydrogen-bond acceptors (Lipinski definition) is 3. The number of amides is 1. The lowest BCUT2D eigenvalue weighted by atomic mass is 10.1. The smallest absolute Gasteiger partial charge is 0.251 e. The average molecular weight is 299 g/mol. The molecule has 1 aromatic rings. The maximum Gasteiger partial charge on any atom is 0.251 e.